The molecule has 1 aromatic carbocycles. The predicted octanol–water partition coefficient (Wildman–Crippen LogP) is 0.432. The van der Waals surface area contributed by atoms with Crippen molar-refractivity contribution in [1.29, 1.82) is 0 Å². The van der Waals surface area contributed by atoms with Gasteiger partial charge in [0.1, 0.15) is 5.15 Å². The highest BCUT2D eigenvalue weighted by Gasteiger charge is 1.93. The van der Waals surface area contributed by atoms with E-state index in [1.807, 2.05) is 24.3 Å². The van der Waals surface area contributed by atoms with Gasteiger partial charge >= 0.3 is 0 Å². The van der Waals surface area contributed by atoms with Crippen molar-refractivity contribution in [2.75, 3.05) is 0 Å². The molecule has 86 valence electrons. The molecule has 0 aliphatic carbocycles. The molecule has 0 atom stereocenters. The molecule has 0 unspecified atom stereocenters. The number of aromatic nitrogens is 2. The molecule has 0 fully saturated rings. The number of hydrogen-bond donors (Lipinski definition) is 2. The van der Waals surface area contributed by atoms with Gasteiger partial charge in [0.25, 0.3) is 10.2 Å². The molecule has 1 aromatic heterocycles. The van der Waals surface area contributed by atoms with E-state index in [0.717, 1.165) is 11.0 Å². The van der Waals surface area contributed by atoms with Crippen LogP contribution in [0.4, 0.5) is 0 Å². The number of benzene rings is 1. The van der Waals surface area contributed by atoms with Crippen molar-refractivity contribution < 1.29 is 8.42 Å². The van der Waals surface area contributed by atoms with Crippen LogP contribution in [0.15, 0.2) is 30.5 Å². The molecule has 6 nitrogen and oxygen atoms in total. The van der Waals surface area contributed by atoms with Gasteiger partial charge in [-0.2, -0.15) is 8.42 Å². The number of para-hydroxylation sites is 2. The Morgan fingerprint density at radius 3 is 2.19 bits per heavy atom. The van der Waals surface area contributed by atoms with Crippen LogP contribution in [-0.4, -0.2) is 18.4 Å². The second-order valence-electron chi connectivity index (χ2n) is 2.77. The first-order valence-corrected chi connectivity index (χ1v) is 6.03. The first kappa shape index (κ1) is 12.8. The number of halogens is 1. The SMILES string of the molecule is Clc1cnc2ccccc2n1.NS(N)(=O)=O. The van der Waals surface area contributed by atoms with Crippen molar-refractivity contribution in [3.8, 4) is 0 Å². The van der Waals surface area contributed by atoms with Gasteiger partial charge in [0, 0.05) is 0 Å². The summed E-state index contributed by atoms with van der Waals surface area (Å²) >= 11 is 5.65. The maximum absolute atomic E-state index is 9.19. The first-order valence-electron chi connectivity index (χ1n) is 4.04. The van der Waals surface area contributed by atoms with Gasteiger partial charge in [0.05, 0.1) is 17.2 Å². The van der Waals surface area contributed by atoms with Gasteiger partial charge in [-0.3, -0.25) is 4.98 Å². The second-order valence-corrected chi connectivity index (χ2v) is 4.34. The quantitative estimate of drug-likeness (QED) is 0.715. The lowest BCUT2D eigenvalue weighted by Crippen LogP contribution is -2.21. The average molecular weight is 261 g/mol. The second kappa shape index (κ2) is 5.17. The Morgan fingerprint density at radius 1 is 1.12 bits per heavy atom. The lowest BCUT2D eigenvalue weighted by Gasteiger charge is -1.93. The van der Waals surface area contributed by atoms with E-state index in [2.05, 4.69) is 20.2 Å². The zero-order valence-corrected chi connectivity index (χ0v) is 9.61. The fourth-order valence-corrected chi connectivity index (χ4v) is 1.07. The van der Waals surface area contributed by atoms with Gasteiger partial charge in [-0.1, -0.05) is 23.7 Å². The molecule has 0 amide bonds. The van der Waals surface area contributed by atoms with Crippen LogP contribution in [0, 0.1) is 0 Å². The Kier molecular flexibility index (Phi) is 4.13. The van der Waals surface area contributed by atoms with Crippen LogP contribution in [-0.2, 0) is 10.2 Å². The lowest BCUT2D eigenvalue weighted by atomic mass is 10.3. The Balaban J connectivity index is 0.000000221. The van der Waals surface area contributed by atoms with Gasteiger partial charge in [-0.05, 0) is 12.1 Å². The molecule has 0 saturated heterocycles. The van der Waals surface area contributed by atoms with E-state index in [-0.39, 0.29) is 0 Å². The summed E-state index contributed by atoms with van der Waals surface area (Å²) in [6, 6.07) is 7.62. The molecule has 8 heteroatoms. The van der Waals surface area contributed by atoms with Crippen molar-refractivity contribution in [3.05, 3.63) is 35.6 Å². The molecule has 0 saturated carbocycles. The molecule has 1 heterocycles. The third-order valence-electron chi connectivity index (χ3n) is 1.42. The van der Waals surface area contributed by atoms with Gasteiger partial charge in [0.15, 0.2) is 0 Å². The minimum atomic E-state index is -3.67. The monoisotopic (exact) mass is 260 g/mol. The molecule has 0 aliphatic heterocycles. The summed E-state index contributed by atoms with van der Waals surface area (Å²) in [4.78, 5) is 8.16. The molecule has 2 rings (SSSR count). The topological polar surface area (TPSA) is 112 Å². The van der Waals surface area contributed by atoms with Crippen LogP contribution in [0.2, 0.25) is 5.15 Å². The maximum Gasteiger partial charge on any atom is 0.271 e. The van der Waals surface area contributed by atoms with Crippen LogP contribution in [0.5, 0.6) is 0 Å². The largest absolute Gasteiger partial charge is 0.271 e. The highest BCUT2D eigenvalue weighted by molar-refractivity contribution is 7.86. The molecular weight excluding hydrogens is 252 g/mol. The fraction of sp³-hybridized carbons (Fsp3) is 0. The molecule has 16 heavy (non-hydrogen) atoms. The van der Waals surface area contributed by atoms with Gasteiger partial charge in [-0.25, -0.2) is 15.3 Å². The number of rotatable bonds is 0. The third kappa shape index (κ3) is 4.99. The van der Waals surface area contributed by atoms with Crippen molar-refractivity contribution >= 4 is 32.8 Å². The van der Waals surface area contributed by atoms with Crippen LogP contribution in [0.1, 0.15) is 0 Å². The van der Waals surface area contributed by atoms with E-state index in [0.29, 0.717) is 5.15 Å². The smallest absolute Gasteiger partial charge is 0.251 e. The van der Waals surface area contributed by atoms with Crippen LogP contribution in [0.3, 0.4) is 0 Å². The van der Waals surface area contributed by atoms with E-state index < -0.39 is 10.2 Å². The first-order chi connectivity index (χ1) is 7.36. The highest BCUT2D eigenvalue weighted by Crippen LogP contribution is 2.10. The van der Waals surface area contributed by atoms with Crippen molar-refractivity contribution in [1.82, 2.24) is 9.97 Å². The molecule has 0 radical (unpaired) electrons. The van der Waals surface area contributed by atoms with E-state index in [4.69, 9.17) is 11.6 Å². The third-order valence-corrected chi connectivity index (χ3v) is 1.60. The average Bonchev–Trinajstić information content (AvgIpc) is 2.15. The standard InChI is InChI=1S/C8H5ClN2.H4N2O2S/c9-8-5-10-6-3-1-2-4-7(6)11-8;1-5(2,3)4/h1-5H;(H4,1,2,3,4). The predicted molar refractivity (Wildman–Crippen MR) is 61.8 cm³/mol. The van der Waals surface area contributed by atoms with Gasteiger partial charge in [0.2, 0.25) is 0 Å². The molecule has 0 spiro atoms. The van der Waals surface area contributed by atoms with E-state index in [9.17, 15) is 8.42 Å². The summed E-state index contributed by atoms with van der Waals surface area (Å²) in [6.07, 6.45) is 1.55. The summed E-state index contributed by atoms with van der Waals surface area (Å²) in [5.74, 6) is 0. The Morgan fingerprint density at radius 2 is 1.62 bits per heavy atom. The van der Waals surface area contributed by atoms with Crippen molar-refractivity contribution in [2.24, 2.45) is 10.3 Å². The van der Waals surface area contributed by atoms with E-state index in [1.165, 1.54) is 0 Å². The zero-order valence-electron chi connectivity index (χ0n) is 8.04. The number of nitrogens with zero attached hydrogens (tertiary/aromatic N) is 2. The molecule has 2 aromatic rings. The molecular formula is C8H9ClN4O2S. The zero-order chi connectivity index (χ0) is 12.2. The van der Waals surface area contributed by atoms with Gasteiger partial charge in [-0.15, -0.1) is 0 Å². The van der Waals surface area contributed by atoms with Crippen LogP contribution < -0.4 is 10.3 Å². The lowest BCUT2D eigenvalue weighted by molar-refractivity contribution is 0.599. The van der Waals surface area contributed by atoms with Crippen molar-refractivity contribution in [3.63, 3.8) is 0 Å². The Labute approximate surface area is 97.4 Å². The number of nitrogens with two attached hydrogens (primary N) is 2. The van der Waals surface area contributed by atoms with Crippen LogP contribution in [0.25, 0.3) is 11.0 Å². The minimum absolute atomic E-state index is 0.434. The fourth-order valence-electron chi connectivity index (χ4n) is 0.935. The summed E-state index contributed by atoms with van der Waals surface area (Å²) in [5.41, 5.74) is 1.71. The summed E-state index contributed by atoms with van der Waals surface area (Å²) in [6.45, 7) is 0. The van der Waals surface area contributed by atoms with E-state index in [1.54, 1.807) is 6.20 Å². The molecule has 0 bridgehead atoms. The Bertz CT molecular complexity index is 579. The van der Waals surface area contributed by atoms with Gasteiger partial charge < -0.3 is 0 Å². The summed E-state index contributed by atoms with van der Waals surface area (Å²) in [5, 5.41) is 8.64. The number of hydrogen-bond acceptors (Lipinski definition) is 4. The number of fused-ring (bicyclic) bond motifs is 1. The maximum atomic E-state index is 9.19. The van der Waals surface area contributed by atoms with E-state index >= 15 is 0 Å². The molecule has 4 N–H and O–H groups in total. The Hall–Kier alpha value is -1.28. The van der Waals surface area contributed by atoms with Crippen LogP contribution >= 0.6 is 11.6 Å². The summed E-state index contributed by atoms with van der Waals surface area (Å²) in [7, 11) is -3.67. The summed E-state index contributed by atoms with van der Waals surface area (Å²) < 4.78 is 18.4. The normalized spacial score (nSPS) is 10.7. The minimum Gasteiger partial charge on any atom is -0.251 e. The van der Waals surface area contributed by atoms with Crippen molar-refractivity contribution in [2.45, 2.75) is 0 Å². The highest BCUT2D eigenvalue weighted by atomic mass is 35.5. The molecule has 0 aliphatic rings.